The number of amides is 2. The van der Waals surface area contributed by atoms with Crippen molar-refractivity contribution in [2.75, 3.05) is 11.9 Å². The molecular formula is C19H17N3O4S. The molecule has 0 aliphatic heterocycles. The number of benzene rings is 2. The van der Waals surface area contributed by atoms with E-state index in [0.29, 0.717) is 10.9 Å². The maximum absolute atomic E-state index is 12.3. The maximum atomic E-state index is 12.3. The Labute approximate surface area is 159 Å². The Morgan fingerprint density at radius 1 is 1.07 bits per heavy atom. The molecule has 0 radical (unpaired) electrons. The summed E-state index contributed by atoms with van der Waals surface area (Å²) < 4.78 is 5.05. The molecule has 0 bridgehead atoms. The van der Waals surface area contributed by atoms with Crippen LogP contribution in [0.2, 0.25) is 0 Å². The van der Waals surface area contributed by atoms with Crippen molar-refractivity contribution in [1.82, 2.24) is 10.3 Å². The van der Waals surface area contributed by atoms with E-state index in [4.69, 9.17) is 4.74 Å². The Kier molecular flexibility index (Phi) is 6.14. The number of nitrogens with one attached hydrogen (secondary N) is 2. The lowest BCUT2D eigenvalue weighted by molar-refractivity contribution is -0.118. The van der Waals surface area contributed by atoms with Crippen LogP contribution in [0.1, 0.15) is 0 Å². The van der Waals surface area contributed by atoms with Gasteiger partial charge in [0, 0.05) is 10.9 Å². The Morgan fingerprint density at radius 2 is 1.74 bits per heavy atom. The third kappa shape index (κ3) is 5.13. The zero-order valence-electron chi connectivity index (χ0n) is 14.2. The molecule has 1 aromatic heterocycles. The molecule has 0 aliphatic rings. The first-order valence-electron chi connectivity index (χ1n) is 8.12. The highest BCUT2D eigenvalue weighted by molar-refractivity contribution is 7.14. The van der Waals surface area contributed by atoms with Crippen LogP contribution >= 0.6 is 11.3 Å². The van der Waals surface area contributed by atoms with Gasteiger partial charge in [0.15, 0.2) is 5.13 Å². The molecule has 3 N–H and O–H groups in total. The minimum absolute atomic E-state index is 0.333. The van der Waals surface area contributed by atoms with Crippen molar-refractivity contribution in [3.8, 4) is 17.0 Å². The number of carbonyl (C=O) groups excluding carboxylic acids is 2. The molecule has 1 heterocycles. The van der Waals surface area contributed by atoms with Gasteiger partial charge in [-0.1, -0.05) is 48.5 Å². The van der Waals surface area contributed by atoms with E-state index in [1.807, 2.05) is 35.7 Å². The van der Waals surface area contributed by atoms with Crippen LogP contribution in [0.3, 0.4) is 0 Å². The molecule has 8 heteroatoms. The van der Waals surface area contributed by atoms with Gasteiger partial charge in [-0.15, -0.1) is 11.3 Å². The van der Waals surface area contributed by atoms with Crippen molar-refractivity contribution in [2.45, 2.75) is 6.04 Å². The lowest BCUT2D eigenvalue weighted by Crippen LogP contribution is -2.47. The zero-order chi connectivity index (χ0) is 19.1. The number of hydrogen-bond donors (Lipinski definition) is 3. The van der Waals surface area contributed by atoms with Gasteiger partial charge in [-0.25, -0.2) is 9.78 Å². The van der Waals surface area contributed by atoms with Crippen molar-refractivity contribution < 1.29 is 19.4 Å². The van der Waals surface area contributed by atoms with Gasteiger partial charge >= 0.3 is 6.09 Å². The van der Waals surface area contributed by atoms with Gasteiger partial charge in [-0.3, -0.25) is 4.79 Å². The molecule has 0 unspecified atom stereocenters. The number of para-hydroxylation sites is 1. The fraction of sp³-hybridized carbons (Fsp3) is 0.105. The van der Waals surface area contributed by atoms with Gasteiger partial charge in [0.2, 0.25) is 0 Å². The van der Waals surface area contributed by atoms with Crippen molar-refractivity contribution in [3.05, 3.63) is 66.0 Å². The average molecular weight is 383 g/mol. The number of carbonyl (C=O) groups is 2. The summed E-state index contributed by atoms with van der Waals surface area (Å²) in [7, 11) is 0. The van der Waals surface area contributed by atoms with Crippen LogP contribution in [0, 0.1) is 0 Å². The topological polar surface area (TPSA) is 101 Å². The molecule has 0 saturated carbocycles. The highest BCUT2D eigenvalue weighted by Crippen LogP contribution is 2.24. The van der Waals surface area contributed by atoms with Crippen LogP contribution in [0.4, 0.5) is 9.93 Å². The largest absolute Gasteiger partial charge is 0.413 e. The predicted molar refractivity (Wildman–Crippen MR) is 103 cm³/mol. The molecule has 27 heavy (non-hydrogen) atoms. The second kappa shape index (κ2) is 8.93. The van der Waals surface area contributed by atoms with Crippen molar-refractivity contribution in [3.63, 3.8) is 0 Å². The first-order chi connectivity index (χ1) is 13.2. The van der Waals surface area contributed by atoms with Crippen LogP contribution < -0.4 is 15.4 Å². The molecule has 3 aromatic rings. The number of anilines is 1. The van der Waals surface area contributed by atoms with E-state index in [0.717, 1.165) is 11.3 Å². The van der Waals surface area contributed by atoms with E-state index in [-0.39, 0.29) is 0 Å². The second-order valence-electron chi connectivity index (χ2n) is 5.48. The van der Waals surface area contributed by atoms with E-state index < -0.39 is 24.6 Å². The smallest absolute Gasteiger partial charge is 0.410 e. The van der Waals surface area contributed by atoms with E-state index >= 15 is 0 Å². The fourth-order valence-corrected chi connectivity index (χ4v) is 2.95. The number of hydrogen-bond acceptors (Lipinski definition) is 6. The first-order valence-corrected chi connectivity index (χ1v) is 9.00. The highest BCUT2D eigenvalue weighted by atomic mass is 32.1. The number of aliphatic hydroxyl groups excluding tert-OH is 1. The van der Waals surface area contributed by atoms with E-state index in [1.165, 1.54) is 11.3 Å². The van der Waals surface area contributed by atoms with Crippen molar-refractivity contribution in [2.24, 2.45) is 0 Å². The molecule has 0 spiro atoms. The van der Waals surface area contributed by atoms with Gasteiger partial charge < -0.3 is 20.5 Å². The minimum atomic E-state index is -1.16. The summed E-state index contributed by atoms with van der Waals surface area (Å²) in [6, 6.07) is 16.8. The highest BCUT2D eigenvalue weighted by Gasteiger charge is 2.22. The van der Waals surface area contributed by atoms with Crippen LogP contribution in [0.25, 0.3) is 11.3 Å². The molecule has 1 atom stereocenters. The van der Waals surface area contributed by atoms with Gasteiger partial charge in [0.25, 0.3) is 5.91 Å². The van der Waals surface area contributed by atoms with E-state index in [9.17, 15) is 14.7 Å². The summed E-state index contributed by atoms with van der Waals surface area (Å²) in [6.07, 6.45) is -0.834. The van der Waals surface area contributed by atoms with Gasteiger partial charge in [0.1, 0.15) is 11.8 Å². The molecular weight excluding hydrogens is 366 g/mol. The first kappa shape index (κ1) is 18.6. The third-order valence-electron chi connectivity index (χ3n) is 3.55. The van der Waals surface area contributed by atoms with Gasteiger partial charge in [0.05, 0.1) is 12.3 Å². The SMILES string of the molecule is O=C(N[C@@H](CO)C(=O)Nc1nc(-c2ccccc2)cs1)Oc1ccccc1. The molecule has 0 aliphatic carbocycles. The average Bonchev–Trinajstić information content (AvgIpc) is 3.16. The summed E-state index contributed by atoms with van der Waals surface area (Å²) in [6.45, 7) is -0.577. The molecule has 2 aromatic carbocycles. The quantitative estimate of drug-likeness (QED) is 0.608. The Bertz CT molecular complexity index is 900. The molecule has 2 amide bonds. The monoisotopic (exact) mass is 383 g/mol. The Morgan fingerprint density at radius 3 is 2.41 bits per heavy atom. The van der Waals surface area contributed by atoms with Gasteiger partial charge in [-0.2, -0.15) is 0 Å². The van der Waals surface area contributed by atoms with Gasteiger partial charge in [-0.05, 0) is 12.1 Å². The Hall–Kier alpha value is -3.23. The van der Waals surface area contributed by atoms with E-state index in [2.05, 4.69) is 15.6 Å². The zero-order valence-corrected chi connectivity index (χ0v) is 15.0. The van der Waals surface area contributed by atoms with Crippen molar-refractivity contribution >= 4 is 28.5 Å². The molecule has 138 valence electrons. The summed E-state index contributed by atoms with van der Waals surface area (Å²) >= 11 is 1.25. The van der Waals surface area contributed by atoms with Crippen LogP contribution in [-0.2, 0) is 4.79 Å². The lowest BCUT2D eigenvalue weighted by Gasteiger charge is -2.15. The molecule has 0 saturated heterocycles. The lowest BCUT2D eigenvalue weighted by atomic mass is 10.2. The number of nitrogens with zero attached hydrogens (tertiary/aromatic N) is 1. The maximum Gasteiger partial charge on any atom is 0.413 e. The Balaban J connectivity index is 1.59. The molecule has 0 fully saturated rings. The van der Waals surface area contributed by atoms with Crippen LogP contribution in [-0.4, -0.2) is 34.7 Å². The minimum Gasteiger partial charge on any atom is -0.410 e. The summed E-state index contributed by atoms with van der Waals surface area (Å²) in [5, 5.41) is 16.5. The fourth-order valence-electron chi connectivity index (χ4n) is 2.23. The van der Waals surface area contributed by atoms with Crippen molar-refractivity contribution in [1.29, 1.82) is 0 Å². The predicted octanol–water partition coefficient (Wildman–Crippen LogP) is 2.90. The number of aliphatic hydroxyl groups is 1. The standard InChI is InChI=1S/C19H17N3O4S/c23-11-15(21-19(25)26-14-9-5-2-6-10-14)17(24)22-18-20-16(12-27-18)13-7-3-1-4-8-13/h1-10,12,15,23H,11H2,(H,21,25)(H,20,22,24)/t15-/m0/s1. The number of ether oxygens (including phenoxy) is 1. The molecule has 3 rings (SSSR count). The van der Waals surface area contributed by atoms with Crippen LogP contribution in [0.5, 0.6) is 5.75 Å². The number of thiazole rings is 1. The second-order valence-corrected chi connectivity index (χ2v) is 6.33. The van der Waals surface area contributed by atoms with Crippen LogP contribution in [0.15, 0.2) is 66.0 Å². The summed E-state index contributed by atoms with van der Waals surface area (Å²) in [5.41, 5.74) is 1.66. The third-order valence-corrected chi connectivity index (χ3v) is 4.31. The summed E-state index contributed by atoms with van der Waals surface area (Å²) in [5.74, 6) is -0.254. The summed E-state index contributed by atoms with van der Waals surface area (Å²) in [4.78, 5) is 28.5. The molecule has 7 nitrogen and oxygen atoms in total. The normalized spacial score (nSPS) is 11.4. The van der Waals surface area contributed by atoms with E-state index in [1.54, 1.807) is 30.3 Å². The number of rotatable bonds is 6. The number of aromatic nitrogens is 1.